The Balaban J connectivity index is 2.03. The monoisotopic (exact) mass is 515 g/mol. The molecule has 200 valence electrons. The van der Waals surface area contributed by atoms with Crippen LogP contribution < -0.4 is 4.90 Å². The fourth-order valence-corrected chi connectivity index (χ4v) is 5.45. The number of hydrogen-bond donors (Lipinski definition) is 1. The molecule has 0 bridgehead atoms. The van der Waals surface area contributed by atoms with Crippen molar-refractivity contribution in [2.75, 3.05) is 11.4 Å². The first-order chi connectivity index (χ1) is 18.2. The van der Waals surface area contributed by atoms with Crippen molar-refractivity contribution >= 4 is 28.7 Å². The predicted octanol–water partition coefficient (Wildman–Crippen LogP) is 7.56. The number of benzene rings is 1. The molecule has 7 nitrogen and oxygen atoms in total. The van der Waals surface area contributed by atoms with Crippen molar-refractivity contribution in [1.29, 1.82) is 0 Å². The fourth-order valence-electron chi connectivity index (χ4n) is 5.45. The zero-order valence-electron chi connectivity index (χ0n) is 22.6. The van der Waals surface area contributed by atoms with Gasteiger partial charge in [-0.05, 0) is 63.3 Å². The standard InChI is InChI=1S/C31H37N3O4/c1-6-17-33-26-19-22(29(35)36)13-14-23(26)27(21-11-9-8-10-12-21)28(33)24-20-32-16-15-25(24)34(18-7-2)30(37)38-31(3,4)5/h6-7,13-16,19-21H,1-2,8-12,17-18H2,3-5H3,(H,35,36). The van der Waals surface area contributed by atoms with E-state index < -0.39 is 17.7 Å². The lowest BCUT2D eigenvalue weighted by molar-refractivity contribution is 0.0583. The molecule has 0 radical (unpaired) electrons. The molecule has 1 fully saturated rings. The molecule has 1 N–H and O–H groups in total. The molecule has 7 heteroatoms. The van der Waals surface area contributed by atoms with Crippen molar-refractivity contribution in [2.24, 2.45) is 0 Å². The molecule has 1 aromatic carbocycles. The highest BCUT2D eigenvalue weighted by atomic mass is 16.6. The largest absolute Gasteiger partial charge is 0.478 e. The number of ether oxygens (including phenoxy) is 1. The fraction of sp³-hybridized carbons (Fsp3) is 0.387. The minimum Gasteiger partial charge on any atom is -0.478 e. The first-order valence-electron chi connectivity index (χ1n) is 13.2. The maximum Gasteiger partial charge on any atom is 0.415 e. The molecular weight excluding hydrogens is 478 g/mol. The molecule has 3 aromatic rings. The Kier molecular flexibility index (Phi) is 8.05. The summed E-state index contributed by atoms with van der Waals surface area (Å²) in [5.41, 5.74) is 3.97. The van der Waals surface area contributed by atoms with Crippen LogP contribution >= 0.6 is 0 Å². The summed E-state index contributed by atoms with van der Waals surface area (Å²) < 4.78 is 7.87. The Bertz CT molecular complexity index is 1360. The van der Waals surface area contributed by atoms with Gasteiger partial charge in [0.2, 0.25) is 0 Å². The average molecular weight is 516 g/mol. The van der Waals surface area contributed by atoms with Gasteiger partial charge in [-0.2, -0.15) is 0 Å². The zero-order valence-corrected chi connectivity index (χ0v) is 22.6. The molecule has 4 rings (SSSR count). The molecule has 1 aliphatic rings. The average Bonchev–Trinajstić information content (AvgIpc) is 3.20. The van der Waals surface area contributed by atoms with E-state index in [9.17, 15) is 14.7 Å². The lowest BCUT2D eigenvalue weighted by Gasteiger charge is -2.29. The Morgan fingerprint density at radius 2 is 1.89 bits per heavy atom. The van der Waals surface area contributed by atoms with Gasteiger partial charge >= 0.3 is 12.1 Å². The maximum atomic E-state index is 13.4. The van der Waals surface area contributed by atoms with Crippen LogP contribution in [-0.2, 0) is 11.3 Å². The molecule has 0 atom stereocenters. The number of carbonyl (C=O) groups excluding carboxylic acids is 1. The minimum absolute atomic E-state index is 0.232. The topological polar surface area (TPSA) is 84.7 Å². The Labute approximate surface area is 224 Å². The van der Waals surface area contributed by atoms with Crippen LogP contribution in [0, 0.1) is 0 Å². The number of amides is 1. The molecule has 0 aliphatic heterocycles. The van der Waals surface area contributed by atoms with Gasteiger partial charge in [0, 0.05) is 41.9 Å². The lowest BCUT2D eigenvalue weighted by atomic mass is 9.81. The van der Waals surface area contributed by atoms with Crippen LogP contribution in [0.5, 0.6) is 0 Å². The number of pyridine rings is 1. The summed E-state index contributed by atoms with van der Waals surface area (Å²) in [6.07, 6.45) is 12.1. The van der Waals surface area contributed by atoms with Gasteiger partial charge in [0.25, 0.3) is 0 Å². The van der Waals surface area contributed by atoms with Crippen LogP contribution in [-0.4, -0.2) is 38.9 Å². The van der Waals surface area contributed by atoms with Crippen molar-refractivity contribution < 1.29 is 19.4 Å². The van der Waals surface area contributed by atoms with E-state index in [0.717, 1.165) is 47.8 Å². The number of fused-ring (bicyclic) bond motifs is 1. The van der Waals surface area contributed by atoms with Crippen LogP contribution in [0.15, 0.2) is 62.0 Å². The Morgan fingerprint density at radius 3 is 2.53 bits per heavy atom. The van der Waals surface area contributed by atoms with E-state index in [4.69, 9.17) is 4.74 Å². The van der Waals surface area contributed by atoms with Crippen LogP contribution in [0.2, 0.25) is 0 Å². The third-order valence-corrected chi connectivity index (χ3v) is 6.95. The van der Waals surface area contributed by atoms with Crippen molar-refractivity contribution in [3.05, 3.63) is 73.1 Å². The maximum absolute atomic E-state index is 13.4. The molecule has 0 unspecified atom stereocenters. The number of aromatic carboxylic acids is 1. The van der Waals surface area contributed by atoms with Gasteiger partial charge in [-0.1, -0.05) is 37.5 Å². The number of allylic oxidation sites excluding steroid dienone is 1. The number of anilines is 1. The Morgan fingerprint density at radius 1 is 1.16 bits per heavy atom. The molecule has 2 heterocycles. The SMILES string of the molecule is C=CCN(C(=O)OC(C)(C)C)c1ccncc1-c1c(C2CCCCC2)c2ccc(C(=O)O)cc2n1CC=C. The van der Waals surface area contributed by atoms with E-state index in [1.54, 1.807) is 35.5 Å². The first-order valence-corrected chi connectivity index (χ1v) is 13.2. The van der Waals surface area contributed by atoms with Gasteiger partial charge < -0.3 is 14.4 Å². The summed E-state index contributed by atoms with van der Waals surface area (Å²) >= 11 is 0. The molecule has 2 aromatic heterocycles. The molecular formula is C31H37N3O4. The van der Waals surface area contributed by atoms with Gasteiger partial charge in [-0.25, -0.2) is 9.59 Å². The summed E-state index contributed by atoms with van der Waals surface area (Å²) in [5, 5.41) is 10.8. The second kappa shape index (κ2) is 11.3. The van der Waals surface area contributed by atoms with E-state index in [1.165, 1.54) is 12.0 Å². The van der Waals surface area contributed by atoms with Crippen molar-refractivity contribution in [2.45, 2.75) is 70.9 Å². The Hall–Kier alpha value is -3.87. The minimum atomic E-state index is -0.969. The molecule has 38 heavy (non-hydrogen) atoms. The molecule has 1 saturated carbocycles. The van der Waals surface area contributed by atoms with Gasteiger partial charge in [0.1, 0.15) is 5.60 Å². The van der Waals surface area contributed by atoms with Crippen LogP contribution in [0.3, 0.4) is 0 Å². The van der Waals surface area contributed by atoms with E-state index in [-0.39, 0.29) is 12.1 Å². The molecule has 0 spiro atoms. The van der Waals surface area contributed by atoms with Gasteiger partial charge in [0.15, 0.2) is 0 Å². The van der Waals surface area contributed by atoms with E-state index in [0.29, 0.717) is 18.2 Å². The summed E-state index contributed by atoms with van der Waals surface area (Å²) in [4.78, 5) is 31.3. The van der Waals surface area contributed by atoms with Crippen LogP contribution in [0.25, 0.3) is 22.2 Å². The highest BCUT2D eigenvalue weighted by Gasteiger charge is 2.31. The normalized spacial score (nSPS) is 14.3. The lowest BCUT2D eigenvalue weighted by Crippen LogP contribution is -2.37. The number of carboxylic acid groups (broad SMARTS) is 1. The summed E-state index contributed by atoms with van der Waals surface area (Å²) in [7, 11) is 0. The number of rotatable bonds is 8. The highest BCUT2D eigenvalue weighted by molar-refractivity contribution is 6.01. The molecule has 1 amide bonds. The number of nitrogens with zero attached hydrogens (tertiary/aromatic N) is 3. The molecule has 1 aliphatic carbocycles. The number of hydrogen-bond acceptors (Lipinski definition) is 4. The third kappa shape index (κ3) is 5.52. The van der Waals surface area contributed by atoms with Crippen molar-refractivity contribution in [3.63, 3.8) is 0 Å². The predicted molar refractivity (Wildman–Crippen MR) is 152 cm³/mol. The third-order valence-electron chi connectivity index (χ3n) is 6.95. The van der Waals surface area contributed by atoms with Gasteiger partial charge in [-0.15, -0.1) is 13.2 Å². The second-order valence-electron chi connectivity index (χ2n) is 10.8. The summed E-state index contributed by atoms with van der Waals surface area (Å²) in [6.45, 7) is 14.1. The summed E-state index contributed by atoms with van der Waals surface area (Å²) in [5.74, 6) is -0.659. The smallest absolute Gasteiger partial charge is 0.415 e. The van der Waals surface area contributed by atoms with Gasteiger partial charge in [-0.3, -0.25) is 9.88 Å². The van der Waals surface area contributed by atoms with Crippen molar-refractivity contribution in [1.82, 2.24) is 9.55 Å². The van der Waals surface area contributed by atoms with E-state index in [2.05, 4.69) is 22.7 Å². The van der Waals surface area contributed by atoms with Crippen molar-refractivity contribution in [3.8, 4) is 11.3 Å². The molecule has 0 saturated heterocycles. The quantitative estimate of drug-likeness (QED) is 0.313. The number of carbonyl (C=O) groups is 2. The number of carboxylic acids is 1. The van der Waals surface area contributed by atoms with E-state index >= 15 is 0 Å². The second-order valence-corrected chi connectivity index (χ2v) is 10.8. The van der Waals surface area contributed by atoms with Crippen LogP contribution in [0.4, 0.5) is 10.5 Å². The zero-order chi connectivity index (χ0) is 27.4. The summed E-state index contributed by atoms with van der Waals surface area (Å²) in [6, 6.07) is 7.17. The first kappa shape index (κ1) is 27.2. The van der Waals surface area contributed by atoms with E-state index in [1.807, 2.05) is 39.0 Å². The highest BCUT2D eigenvalue weighted by Crippen LogP contribution is 2.46. The number of aromatic nitrogens is 2. The van der Waals surface area contributed by atoms with Crippen LogP contribution in [0.1, 0.15) is 74.7 Å². The van der Waals surface area contributed by atoms with Gasteiger partial charge in [0.05, 0.1) is 16.9 Å².